The van der Waals surface area contributed by atoms with Gasteiger partial charge in [-0.05, 0) is 38.7 Å². The van der Waals surface area contributed by atoms with Crippen LogP contribution in [0, 0.1) is 25.7 Å². The number of hydrogen-bond acceptors (Lipinski definition) is 5. The minimum atomic E-state index is 0.00615. The number of piperidine rings is 1. The number of aryl methyl sites for hydroxylation is 2. The van der Waals surface area contributed by atoms with Gasteiger partial charge in [0.15, 0.2) is 0 Å². The van der Waals surface area contributed by atoms with Crippen LogP contribution in [-0.4, -0.2) is 45.3 Å². The van der Waals surface area contributed by atoms with E-state index in [9.17, 15) is 4.79 Å². The van der Waals surface area contributed by atoms with Crippen LogP contribution in [0.15, 0.2) is 24.7 Å². The molecule has 3 heterocycles. The van der Waals surface area contributed by atoms with Crippen LogP contribution in [0.3, 0.4) is 0 Å². The van der Waals surface area contributed by atoms with E-state index < -0.39 is 0 Å². The lowest BCUT2D eigenvalue weighted by atomic mass is 9.97. The number of anilines is 1. The van der Waals surface area contributed by atoms with Crippen LogP contribution in [0.4, 0.5) is 5.82 Å². The van der Waals surface area contributed by atoms with Gasteiger partial charge in [0, 0.05) is 44.3 Å². The molecule has 0 saturated carbocycles. The maximum Gasteiger partial charge on any atom is 0.224 e. The lowest BCUT2D eigenvalue weighted by Crippen LogP contribution is -2.44. The van der Waals surface area contributed by atoms with Crippen LogP contribution >= 0.6 is 0 Å². The summed E-state index contributed by atoms with van der Waals surface area (Å²) >= 11 is 0. The summed E-state index contributed by atoms with van der Waals surface area (Å²) in [5, 5.41) is 7.62. The lowest BCUT2D eigenvalue weighted by Gasteiger charge is -2.32. The van der Waals surface area contributed by atoms with Gasteiger partial charge in [-0.2, -0.15) is 5.10 Å². The van der Waals surface area contributed by atoms with E-state index >= 15 is 0 Å². The van der Waals surface area contributed by atoms with E-state index in [1.807, 2.05) is 11.6 Å². The van der Waals surface area contributed by atoms with Gasteiger partial charge in [0.25, 0.3) is 0 Å². The SMILES string of the molecule is Cc1cc(C)n(C[C@@H](C)CNC(=O)[C@@H]2CCCN(c3cnccn3)C2)n1. The summed E-state index contributed by atoms with van der Waals surface area (Å²) in [6.07, 6.45) is 7.04. The molecule has 7 nitrogen and oxygen atoms in total. The van der Waals surface area contributed by atoms with Crippen molar-refractivity contribution in [3.05, 3.63) is 36.0 Å². The summed E-state index contributed by atoms with van der Waals surface area (Å²) in [6, 6.07) is 2.08. The van der Waals surface area contributed by atoms with Gasteiger partial charge in [0.2, 0.25) is 5.91 Å². The Morgan fingerprint density at radius 2 is 2.23 bits per heavy atom. The van der Waals surface area contributed by atoms with Crippen molar-refractivity contribution < 1.29 is 4.79 Å². The first-order valence-corrected chi connectivity index (χ1v) is 9.32. The maximum atomic E-state index is 12.6. The maximum absolute atomic E-state index is 12.6. The van der Waals surface area contributed by atoms with Gasteiger partial charge in [0.1, 0.15) is 5.82 Å². The Hall–Kier alpha value is -2.44. The first kappa shape index (κ1) is 18.4. The Morgan fingerprint density at radius 1 is 1.38 bits per heavy atom. The smallest absolute Gasteiger partial charge is 0.224 e. The molecule has 0 bridgehead atoms. The second-order valence-corrected chi connectivity index (χ2v) is 7.31. The molecule has 2 atom stereocenters. The molecular weight excluding hydrogens is 328 g/mol. The van der Waals surface area contributed by atoms with Crippen molar-refractivity contribution in [2.24, 2.45) is 11.8 Å². The molecule has 2 aromatic rings. The Morgan fingerprint density at radius 3 is 2.92 bits per heavy atom. The first-order chi connectivity index (χ1) is 12.5. The summed E-state index contributed by atoms with van der Waals surface area (Å²) in [5.74, 6) is 1.32. The molecule has 0 aromatic carbocycles. The molecule has 1 aliphatic heterocycles. The summed E-state index contributed by atoms with van der Waals surface area (Å²) in [7, 11) is 0. The molecule has 3 rings (SSSR count). The Labute approximate surface area is 154 Å². The molecule has 0 radical (unpaired) electrons. The predicted octanol–water partition coefficient (Wildman–Crippen LogP) is 1.96. The molecule has 1 fully saturated rings. The molecule has 2 aromatic heterocycles. The first-order valence-electron chi connectivity index (χ1n) is 9.32. The van der Waals surface area contributed by atoms with Crippen LogP contribution < -0.4 is 10.2 Å². The molecule has 1 N–H and O–H groups in total. The average molecular weight is 356 g/mol. The highest BCUT2D eigenvalue weighted by Gasteiger charge is 2.26. The second-order valence-electron chi connectivity index (χ2n) is 7.31. The number of rotatable bonds is 6. The number of nitrogens with zero attached hydrogens (tertiary/aromatic N) is 5. The van der Waals surface area contributed by atoms with Gasteiger partial charge in [-0.1, -0.05) is 6.92 Å². The molecule has 0 aliphatic carbocycles. The van der Waals surface area contributed by atoms with E-state index in [4.69, 9.17) is 0 Å². The van der Waals surface area contributed by atoms with E-state index in [-0.39, 0.29) is 11.8 Å². The zero-order chi connectivity index (χ0) is 18.5. The Kier molecular flexibility index (Phi) is 5.85. The fourth-order valence-electron chi connectivity index (χ4n) is 3.49. The number of hydrogen-bond donors (Lipinski definition) is 1. The fraction of sp³-hybridized carbons (Fsp3) is 0.579. The van der Waals surface area contributed by atoms with Crippen molar-refractivity contribution in [2.75, 3.05) is 24.5 Å². The zero-order valence-corrected chi connectivity index (χ0v) is 15.9. The Bertz CT molecular complexity index is 729. The standard InChI is InChI=1S/C19H28N6O/c1-14(12-25-16(3)9-15(2)23-25)10-22-19(26)17-5-4-8-24(13-17)18-11-20-6-7-21-18/h6-7,9,11,14,17H,4-5,8,10,12-13H2,1-3H3,(H,22,26)/t14-,17+/m0/s1. The quantitative estimate of drug-likeness (QED) is 0.856. The van der Waals surface area contributed by atoms with Crippen molar-refractivity contribution in [1.29, 1.82) is 0 Å². The molecule has 1 aliphatic rings. The monoisotopic (exact) mass is 356 g/mol. The van der Waals surface area contributed by atoms with Crippen molar-refractivity contribution >= 4 is 11.7 Å². The summed E-state index contributed by atoms with van der Waals surface area (Å²) < 4.78 is 2.02. The van der Waals surface area contributed by atoms with Gasteiger partial charge < -0.3 is 10.2 Å². The molecule has 0 unspecified atom stereocenters. The van der Waals surface area contributed by atoms with Crippen LogP contribution in [0.2, 0.25) is 0 Å². The normalized spacial score (nSPS) is 18.6. The van der Waals surface area contributed by atoms with Crippen molar-refractivity contribution in [3.63, 3.8) is 0 Å². The molecule has 140 valence electrons. The zero-order valence-electron chi connectivity index (χ0n) is 15.9. The van der Waals surface area contributed by atoms with E-state index in [2.05, 4.69) is 45.2 Å². The lowest BCUT2D eigenvalue weighted by molar-refractivity contribution is -0.125. The van der Waals surface area contributed by atoms with Crippen LogP contribution in [0.5, 0.6) is 0 Å². The van der Waals surface area contributed by atoms with Crippen LogP contribution in [-0.2, 0) is 11.3 Å². The van der Waals surface area contributed by atoms with E-state index in [0.717, 1.165) is 43.1 Å². The second kappa shape index (κ2) is 8.29. The largest absolute Gasteiger partial charge is 0.355 e. The molecule has 26 heavy (non-hydrogen) atoms. The van der Waals surface area contributed by atoms with Crippen LogP contribution in [0.25, 0.3) is 0 Å². The Balaban J connectivity index is 1.49. The average Bonchev–Trinajstić information content (AvgIpc) is 2.97. The third kappa shape index (κ3) is 4.59. The number of aromatic nitrogens is 4. The van der Waals surface area contributed by atoms with E-state index in [1.165, 1.54) is 0 Å². The molecule has 1 saturated heterocycles. The third-order valence-corrected chi connectivity index (χ3v) is 4.88. The highest BCUT2D eigenvalue weighted by molar-refractivity contribution is 5.79. The number of carbonyl (C=O) groups is 1. The molecule has 1 amide bonds. The van der Waals surface area contributed by atoms with Gasteiger partial charge in [-0.25, -0.2) is 4.98 Å². The highest BCUT2D eigenvalue weighted by Crippen LogP contribution is 2.21. The predicted molar refractivity (Wildman–Crippen MR) is 101 cm³/mol. The number of amides is 1. The summed E-state index contributed by atoms with van der Waals surface area (Å²) in [5.41, 5.74) is 2.19. The van der Waals surface area contributed by atoms with Gasteiger partial charge >= 0.3 is 0 Å². The summed E-state index contributed by atoms with van der Waals surface area (Å²) in [6.45, 7) is 9.32. The van der Waals surface area contributed by atoms with Gasteiger partial charge in [0.05, 0.1) is 17.8 Å². The third-order valence-electron chi connectivity index (χ3n) is 4.88. The van der Waals surface area contributed by atoms with Gasteiger partial charge in [-0.3, -0.25) is 14.5 Å². The van der Waals surface area contributed by atoms with Crippen molar-refractivity contribution in [2.45, 2.75) is 40.2 Å². The minimum Gasteiger partial charge on any atom is -0.355 e. The molecule has 7 heteroatoms. The topological polar surface area (TPSA) is 75.9 Å². The van der Waals surface area contributed by atoms with Crippen LogP contribution in [0.1, 0.15) is 31.2 Å². The molecule has 0 spiro atoms. The fourth-order valence-corrected chi connectivity index (χ4v) is 3.49. The minimum absolute atomic E-state index is 0.00615. The van der Waals surface area contributed by atoms with Gasteiger partial charge in [-0.15, -0.1) is 0 Å². The number of carbonyl (C=O) groups excluding carboxylic acids is 1. The van der Waals surface area contributed by atoms with E-state index in [1.54, 1.807) is 18.6 Å². The van der Waals surface area contributed by atoms with Crippen molar-refractivity contribution in [3.8, 4) is 0 Å². The van der Waals surface area contributed by atoms with Crippen molar-refractivity contribution in [1.82, 2.24) is 25.1 Å². The number of nitrogens with one attached hydrogen (secondary N) is 1. The summed E-state index contributed by atoms with van der Waals surface area (Å²) in [4.78, 5) is 23.2. The van der Waals surface area contributed by atoms with E-state index in [0.29, 0.717) is 19.0 Å². The highest BCUT2D eigenvalue weighted by atomic mass is 16.1. The molecular formula is C19H28N6O.